The average molecular weight is 285 g/mol. The number of nitro groups is 1. The van der Waals surface area contributed by atoms with E-state index in [4.69, 9.17) is 5.73 Å². The lowest BCUT2D eigenvalue weighted by molar-refractivity contribution is -0.385. The Morgan fingerprint density at radius 1 is 1.37 bits per heavy atom. The summed E-state index contributed by atoms with van der Waals surface area (Å²) in [5, 5.41) is 10.9. The molecular formula is C11H15N3O4S. The maximum absolute atomic E-state index is 12.2. The van der Waals surface area contributed by atoms with Gasteiger partial charge in [-0.15, -0.1) is 0 Å². The van der Waals surface area contributed by atoms with E-state index in [1.54, 1.807) is 13.8 Å². The highest BCUT2D eigenvalue weighted by Crippen LogP contribution is 2.29. The molecule has 19 heavy (non-hydrogen) atoms. The molecule has 1 fully saturated rings. The molecule has 7 nitrogen and oxygen atoms in total. The van der Waals surface area contributed by atoms with Crippen molar-refractivity contribution in [3.8, 4) is 0 Å². The zero-order valence-electron chi connectivity index (χ0n) is 10.7. The van der Waals surface area contributed by atoms with E-state index in [9.17, 15) is 18.5 Å². The summed E-state index contributed by atoms with van der Waals surface area (Å²) in [6, 6.07) is 2.42. The Hall–Kier alpha value is -1.51. The van der Waals surface area contributed by atoms with Crippen LogP contribution in [0.25, 0.3) is 0 Å². The number of rotatable bonds is 3. The van der Waals surface area contributed by atoms with Gasteiger partial charge in [0.25, 0.3) is 5.69 Å². The smallest absolute Gasteiger partial charge is 0.273 e. The molecule has 1 heterocycles. The SMILES string of the molecule is Cc1cc(S(=O)(=O)N2CC(N)C2)cc([N+](=O)[O-])c1C. The second-order valence-electron chi connectivity index (χ2n) is 4.72. The fraction of sp³-hybridized carbons (Fsp3) is 0.455. The molecule has 0 atom stereocenters. The van der Waals surface area contributed by atoms with Crippen molar-refractivity contribution in [2.45, 2.75) is 24.8 Å². The molecule has 8 heteroatoms. The van der Waals surface area contributed by atoms with Gasteiger partial charge >= 0.3 is 0 Å². The summed E-state index contributed by atoms with van der Waals surface area (Å²) in [4.78, 5) is 10.3. The monoisotopic (exact) mass is 285 g/mol. The molecule has 1 aromatic carbocycles. The normalized spacial score (nSPS) is 17.2. The Labute approximate surface area is 111 Å². The second kappa shape index (κ2) is 4.55. The van der Waals surface area contributed by atoms with Crippen molar-refractivity contribution < 1.29 is 13.3 Å². The molecule has 0 aromatic heterocycles. The first kappa shape index (κ1) is 13.9. The topological polar surface area (TPSA) is 107 Å². The Morgan fingerprint density at radius 3 is 2.42 bits per heavy atom. The quantitative estimate of drug-likeness (QED) is 0.644. The number of nitro benzene ring substituents is 1. The summed E-state index contributed by atoms with van der Waals surface area (Å²) in [7, 11) is -3.68. The molecule has 2 rings (SSSR count). The van der Waals surface area contributed by atoms with Gasteiger partial charge in [0.15, 0.2) is 0 Å². The third kappa shape index (κ3) is 2.34. The summed E-state index contributed by atoms with van der Waals surface area (Å²) in [5.41, 5.74) is 6.44. The molecule has 1 saturated heterocycles. The van der Waals surface area contributed by atoms with Crippen LogP contribution in [0.15, 0.2) is 17.0 Å². The third-order valence-electron chi connectivity index (χ3n) is 3.32. The van der Waals surface area contributed by atoms with Gasteiger partial charge in [0, 0.05) is 30.8 Å². The van der Waals surface area contributed by atoms with Crippen molar-refractivity contribution >= 4 is 15.7 Å². The summed E-state index contributed by atoms with van der Waals surface area (Å²) in [6.07, 6.45) is 0. The minimum absolute atomic E-state index is 0.0470. The molecule has 0 bridgehead atoms. The van der Waals surface area contributed by atoms with E-state index >= 15 is 0 Å². The van der Waals surface area contributed by atoms with Gasteiger partial charge in [-0.05, 0) is 25.5 Å². The van der Waals surface area contributed by atoms with E-state index in [0.717, 1.165) is 6.07 Å². The number of sulfonamides is 1. The Morgan fingerprint density at radius 2 is 1.95 bits per heavy atom. The first-order valence-electron chi connectivity index (χ1n) is 5.75. The van der Waals surface area contributed by atoms with Crippen LogP contribution in [0, 0.1) is 24.0 Å². The van der Waals surface area contributed by atoms with E-state index in [-0.39, 0.29) is 29.7 Å². The number of aryl methyl sites for hydroxylation is 1. The second-order valence-corrected chi connectivity index (χ2v) is 6.66. The summed E-state index contributed by atoms with van der Waals surface area (Å²) >= 11 is 0. The van der Waals surface area contributed by atoms with Crippen LogP contribution in [0.4, 0.5) is 5.69 Å². The minimum Gasteiger partial charge on any atom is -0.325 e. The predicted molar refractivity (Wildman–Crippen MR) is 69.3 cm³/mol. The molecule has 1 aromatic rings. The maximum Gasteiger partial charge on any atom is 0.273 e. The lowest BCUT2D eigenvalue weighted by atomic mass is 10.1. The number of nitrogens with two attached hydrogens (primary N) is 1. The van der Waals surface area contributed by atoms with Crippen molar-refractivity contribution in [2.75, 3.05) is 13.1 Å². The lowest BCUT2D eigenvalue weighted by Crippen LogP contribution is -2.57. The summed E-state index contributed by atoms with van der Waals surface area (Å²) < 4.78 is 25.7. The number of benzene rings is 1. The molecule has 0 aliphatic carbocycles. The van der Waals surface area contributed by atoms with Crippen LogP contribution in [-0.4, -0.2) is 36.8 Å². The zero-order chi connectivity index (χ0) is 14.4. The Kier molecular flexibility index (Phi) is 3.33. The van der Waals surface area contributed by atoms with Crippen molar-refractivity contribution in [3.63, 3.8) is 0 Å². The zero-order valence-corrected chi connectivity index (χ0v) is 11.5. The lowest BCUT2D eigenvalue weighted by Gasteiger charge is -2.35. The highest BCUT2D eigenvalue weighted by Gasteiger charge is 2.35. The van der Waals surface area contributed by atoms with Crippen molar-refractivity contribution in [3.05, 3.63) is 33.4 Å². The van der Waals surface area contributed by atoms with Gasteiger partial charge in [0.05, 0.1) is 9.82 Å². The molecule has 104 valence electrons. The molecular weight excluding hydrogens is 270 g/mol. The van der Waals surface area contributed by atoms with Gasteiger partial charge in [-0.25, -0.2) is 8.42 Å². The van der Waals surface area contributed by atoms with Crippen molar-refractivity contribution in [1.29, 1.82) is 0 Å². The third-order valence-corrected chi connectivity index (χ3v) is 5.13. The van der Waals surface area contributed by atoms with Gasteiger partial charge < -0.3 is 5.73 Å². The molecule has 2 N–H and O–H groups in total. The Balaban J connectivity index is 2.49. The molecule has 0 spiro atoms. The van der Waals surface area contributed by atoms with Crippen LogP contribution in [0.3, 0.4) is 0 Å². The van der Waals surface area contributed by atoms with Gasteiger partial charge in [-0.1, -0.05) is 0 Å². The van der Waals surface area contributed by atoms with E-state index in [1.165, 1.54) is 10.4 Å². The molecule has 1 aliphatic heterocycles. The average Bonchev–Trinajstić information content (AvgIpc) is 2.27. The minimum atomic E-state index is -3.68. The van der Waals surface area contributed by atoms with Crippen molar-refractivity contribution in [1.82, 2.24) is 4.31 Å². The van der Waals surface area contributed by atoms with Crippen LogP contribution in [-0.2, 0) is 10.0 Å². The number of hydrogen-bond donors (Lipinski definition) is 1. The standard InChI is InChI=1S/C11H15N3O4S/c1-7-3-10(4-11(8(7)2)14(15)16)19(17,18)13-5-9(12)6-13/h3-4,9H,5-6,12H2,1-2H3. The molecule has 0 radical (unpaired) electrons. The van der Waals surface area contributed by atoms with Crippen LogP contribution < -0.4 is 5.73 Å². The molecule has 0 saturated carbocycles. The Bertz CT molecular complexity index is 636. The summed E-state index contributed by atoms with van der Waals surface area (Å²) in [6.45, 7) is 3.76. The van der Waals surface area contributed by atoms with E-state index in [1.807, 2.05) is 0 Å². The van der Waals surface area contributed by atoms with Crippen LogP contribution in [0.5, 0.6) is 0 Å². The van der Waals surface area contributed by atoms with E-state index in [2.05, 4.69) is 0 Å². The van der Waals surface area contributed by atoms with Crippen LogP contribution >= 0.6 is 0 Å². The van der Waals surface area contributed by atoms with E-state index in [0.29, 0.717) is 11.1 Å². The first-order chi connectivity index (χ1) is 8.73. The number of nitrogens with zero attached hydrogens (tertiary/aromatic N) is 2. The largest absolute Gasteiger partial charge is 0.325 e. The van der Waals surface area contributed by atoms with Crippen molar-refractivity contribution in [2.24, 2.45) is 5.73 Å². The van der Waals surface area contributed by atoms with Gasteiger partial charge in [-0.3, -0.25) is 10.1 Å². The van der Waals surface area contributed by atoms with Crippen LogP contribution in [0.1, 0.15) is 11.1 Å². The predicted octanol–water partition coefficient (Wildman–Crippen LogP) is 0.543. The fourth-order valence-corrected chi connectivity index (χ4v) is 3.62. The highest BCUT2D eigenvalue weighted by molar-refractivity contribution is 7.89. The van der Waals surface area contributed by atoms with Gasteiger partial charge in [0.1, 0.15) is 0 Å². The number of hydrogen-bond acceptors (Lipinski definition) is 5. The first-order valence-corrected chi connectivity index (χ1v) is 7.19. The molecule has 1 aliphatic rings. The molecule has 0 unspecified atom stereocenters. The summed E-state index contributed by atoms with van der Waals surface area (Å²) in [5.74, 6) is 0. The van der Waals surface area contributed by atoms with E-state index < -0.39 is 14.9 Å². The fourth-order valence-electron chi connectivity index (χ4n) is 1.96. The van der Waals surface area contributed by atoms with Gasteiger partial charge in [-0.2, -0.15) is 4.31 Å². The maximum atomic E-state index is 12.2. The molecule has 0 amide bonds. The van der Waals surface area contributed by atoms with Crippen LogP contribution in [0.2, 0.25) is 0 Å². The van der Waals surface area contributed by atoms with Gasteiger partial charge in [0.2, 0.25) is 10.0 Å². The highest BCUT2D eigenvalue weighted by atomic mass is 32.2.